The zero-order valence-electron chi connectivity index (χ0n) is 16.6. The first-order chi connectivity index (χ1) is 15.2. The molecule has 0 radical (unpaired) electrons. The molecule has 4 aromatic rings. The lowest BCUT2D eigenvalue weighted by molar-refractivity contribution is 0.0992. The van der Waals surface area contributed by atoms with Gasteiger partial charge in [-0.1, -0.05) is 18.2 Å². The average molecular weight is 414 g/mol. The average Bonchev–Trinajstić information content (AvgIpc) is 3.45. The van der Waals surface area contributed by atoms with Gasteiger partial charge in [-0.15, -0.1) is 0 Å². The Balaban J connectivity index is 1.46. The number of nitrogens with zero attached hydrogens (tertiary/aromatic N) is 3. The minimum atomic E-state index is -0.495. The van der Waals surface area contributed by atoms with Crippen molar-refractivity contribution in [3.8, 4) is 23.3 Å². The van der Waals surface area contributed by atoms with Crippen molar-refractivity contribution in [2.45, 2.75) is 6.61 Å². The van der Waals surface area contributed by atoms with E-state index < -0.39 is 5.91 Å². The van der Waals surface area contributed by atoms with Gasteiger partial charge in [0, 0.05) is 0 Å². The number of furan rings is 1. The third-order valence-corrected chi connectivity index (χ3v) is 4.45. The van der Waals surface area contributed by atoms with Crippen LogP contribution in [-0.2, 0) is 6.61 Å². The third-order valence-electron chi connectivity index (χ3n) is 4.45. The number of nitrogens with one attached hydrogen (secondary N) is 1. The van der Waals surface area contributed by atoms with Gasteiger partial charge in [0.1, 0.15) is 35.5 Å². The number of ether oxygens (including phenoxy) is 2. The van der Waals surface area contributed by atoms with Crippen LogP contribution in [0.15, 0.2) is 77.3 Å². The van der Waals surface area contributed by atoms with Crippen LogP contribution in [0.2, 0.25) is 0 Å². The van der Waals surface area contributed by atoms with Gasteiger partial charge >= 0.3 is 0 Å². The van der Waals surface area contributed by atoms with Crippen LogP contribution >= 0.6 is 0 Å². The van der Waals surface area contributed by atoms with Gasteiger partial charge in [-0.25, -0.2) is 4.68 Å². The van der Waals surface area contributed by atoms with Crippen LogP contribution in [0.5, 0.6) is 11.5 Å². The van der Waals surface area contributed by atoms with Gasteiger partial charge in [0.15, 0.2) is 11.6 Å². The molecule has 0 aliphatic carbocycles. The first-order valence-corrected chi connectivity index (χ1v) is 9.38. The highest BCUT2D eigenvalue weighted by Gasteiger charge is 2.18. The molecule has 0 aliphatic heterocycles. The summed E-state index contributed by atoms with van der Waals surface area (Å²) in [6.07, 6.45) is 1.40. The fraction of sp³-hybridized carbons (Fsp3) is 0.0870. The van der Waals surface area contributed by atoms with Crippen molar-refractivity contribution in [1.82, 2.24) is 9.78 Å². The summed E-state index contributed by atoms with van der Waals surface area (Å²) in [6, 6.07) is 21.6. The molecule has 0 unspecified atom stereocenters. The van der Waals surface area contributed by atoms with Crippen molar-refractivity contribution >= 4 is 11.7 Å². The van der Waals surface area contributed by atoms with Gasteiger partial charge in [-0.2, -0.15) is 10.4 Å². The van der Waals surface area contributed by atoms with Crippen LogP contribution in [0.3, 0.4) is 0 Å². The minimum Gasteiger partial charge on any atom is -0.497 e. The molecule has 0 fully saturated rings. The van der Waals surface area contributed by atoms with E-state index in [1.165, 1.54) is 10.9 Å². The van der Waals surface area contributed by atoms with Gasteiger partial charge in [0.2, 0.25) is 0 Å². The van der Waals surface area contributed by atoms with Crippen LogP contribution in [0.1, 0.15) is 21.9 Å². The summed E-state index contributed by atoms with van der Waals surface area (Å²) >= 11 is 0. The number of nitriles is 1. The quantitative estimate of drug-likeness (QED) is 0.487. The normalized spacial score (nSPS) is 10.3. The predicted octanol–water partition coefficient (Wildman–Crippen LogP) is 4.18. The molecular formula is C23H18N4O4. The summed E-state index contributed by atoms with van der Waals surface area (Å²) in [4.78, 5) is 12.7. The van der Waals surface area contributed by atoms with E-state index >= 15 is 0 Å². The molecule has 31 heavy (non-hydrogen) atoms. The number of carbonyl (C=O) groups is 1. The molecule has 8 heteroatoms. The molecule has 2 aromatic heterocycles. The second kappa shape index (κ2) is 8.88. The molecule has 0 saturated carbocycles. The maximum absolute atomic E-state index is 12.7. The summed E-state index contributed by atoms with van der Waals surface area (Å²) in [6.45, 7) is 0.158. The number of benzene rings is 2. The molecule has 154 valence electrons. The predicted molar refractivity (Wildman–Crippen MR) is 112 cm³/mol. The fourth-order valence-corrected chi connectivity index (χ4v) is 2.89. The summed E-state index contributed by atoms with van der Waals surface area (Å²) in [5.74, 6) is 1.73. The number of hydrogen-bond donors (Lipinski definition) is 1. The first kappa shape index (κ1) is 19.8. The molecule has 1 N–H and O–H groups in total. The number of anilines is 1. The molecular weight excluding hydrogens is 396 g/mol. The van der Waals surface area contributed by atoms with E-state index in [2.05, 4.69) is 10.4 Å². The van der Waals surface area contributed by atoms with Crippen LogP contribution in [-0.4, -0.2) is 22.8 Å². The molecule has 0 bridgehead atoms. The number of methoxy groups -OCH3 is 1. The number of amides is 1. The van der Waals surface area contributed by atoms with Crippen molar-refractivity contribution in [2.75, 3.05) is 12.4 Å². The topological polar surface area (TPSA) is 102 Å². The zero-order valence-corrected chi connectivity index (χ0v) is 16.6. The standard InChI is InChI=1S/C23H18N4O4/c1-29-18-7-9-19(10-8-18)30-15-20-11-12-21(31-20)23(28)26-22-16(13-24)14-25-27(22)17-5-3-2-4-6-17/h2-12,14H,15H2,1H3,(H,26,28). The van der Waals surface area contributed by atoms with Crippen LogP contribution < -0.4 is 14.8 Å². The number of carbonyl (C=O) groups excluding carboxylic acids is 1. The summed E-state index contributed by atoms with van der Waals surface area (Å²) < 4.78 is 17.9. The lowest BCUT2D eigenvalue weighted by atomic mass is 10.3. The van der Waals surface area contributed by atoms with Crippen molar-refractivity contribution in [2.24, 2.45) is 0 Å². The second-order valence-corrected chi connectivity index (χ2v) is 6.45. The van der Waals surface area contributed by atoms with Crippen molar-refractivity contribution in [1.29, 1.82) is 5.26 Å². The Morgan fingerprint density at radius 1 is 1.10 bits per heavy atom. The van der Waals surface area contributed by atoms with E-state index in [1.54, 1.807) is 43.5 Å². The highest BCUT2D eigenvalue weighted by molar-refractivity contribution is 6.02. The van der Waals surface area contributed by atoms with Gasteiger partial charge in [-0.3, -0.25) is 4.79 Å². The highest BCUT2D eigenvalue weighted by atomic mass is 16.5. The van der Waals surface area contributed by atoms with Gasteiger partial charge in [-0.05, 0) is 48.5 Å². The fourth-order valence-electron chi connectivity index (χ4n) is 2.89. The molecule has 2 aromatic carbocycles. The van der Waals surface area contributed by atoms with Crippen molar-refractivity contribution in [3.63, 3.8) is 0 Å². The molecule has 0 atom stereocenters. The molecule has 4 rings (SSSR count). The van der Waals surface area contributed by atoms with E-state index in [0.717, 1.165) is 5.75 Å². The van der Waals surface area contributed by atoms with Crippen LogP contribution in [0.25, 0.3) is 5.69 Å². The van der Waals surface area contributed by atoms with Crippen LogP contribution in [0, 0.1) is 11.3 Å². The van der Waals surface area contributed by atoms with E-state index in [4.69, 9.17) is 13.9 Å². The van der Waals surface area contributed by atoms with Crippen LogP contribution in [0.4, 0.5) is 5.82 Å². The Bertz CT molecular complexity index is 1220. The van der Waals surface area contributed by atoms with Gasteiger partial charge < -0.3 is 19.2 Å². The monoisotopic (exact) mass is 414 g/mol. The minimum absolute atomic E-state index is 0.0954. The maximum atomic E-state index is 12.7. The highest BCUT2D eigenvalue weighted by Crippen LogP contribution is 2.22. The molecule has 0 aliphatic rings. The number of hydrogen-bond acceptors (Lipinski definition) is 6. The first-order valence-electron chi connectivity index (χ1n) is 9.38. The third kappa shape index (κ3) is 4.41. The van der Waals surface area contributed by atoms with E-state index in [0.29, 0.717) is 17.2 Å². The van der Waals surface area contributed by atoms with Gasteiger partial charge in [0.25, 0.3) is 5.91 Å². The molecule has 1 amide bonds. The largest absolute Gasteiger partial charge is 0.497 e. The van der Waals surface area contributed by atoms with E-state index in [9.17, 15) is 10.1 Å². The smallest absolute Gasteiger partial charge is 0.292 e. The lowest BCUT2D eigenvalue weighted by Gasteiger charge is -2.08. The zero-order chi connectivity index (χ0) is 21.6. The Labute approximate surface area is 178 Å². The molecule has 0 saturated heterocycles. The Kier molecular flexibility index (Phi) is 5.67. The number of rotatable bonds is 7. The lowest BCUT2D eigenvalue weighted by Crippen LogP contribution is -2.15. The number of aromatic nitrogens is 2. The Morgan fingerprint density at radius 2 is 1.84 bits per heavy atom. The summed E-state index contributed by atoms with van der Waals surface area (Å²) in [5, 5.41) is 16.3. The Morgan fingerprint density at radius 3 is 2.55 bits per heavy atom. The number of para-hydroxylation sites is 1. The van der Waals surface area contributed by atoms with Crippen molar-refractivity contribution < 1.29 is 18.7 Å². The molecule has 0 spiro atoms. The molecule has 2 heterocycles. The summed E-state index contributed by atoms with van der Waals surface area (Å²) in [7, 11) is 1.59. The maximum Gasteiger partial charge on any atom is 0.292 e. The second-order valence-electron chi connectivity index (χ2n) is 6.45. The van der Waals surface area contributed by atoms with Crippen molar-refractivity contribution in [3.05, 3.63) is 90.0 Å². The molecule has 8 nitrogen and oxygen atoms in total. The SMILES string of the molecule is COc1ccc(OCc2ccc(C(=O)Nc3c(C#N)cnn3-c3ccccc3)o2)cc1. The summed E-state index contributed by atoms with van der Waals surface area (Å²) in [5.41, 5.74) is 0.958. The van der Waals surface area contributed by atoms with E-state index in [1.807, 2.05) is 36.4 Å². The van der Waals surface area contributed by atoms with Gasteiger partial charge in [0.05, 0.1) is 19.0 Å². The Hall–Kier alpha value is -4.51. The van der Waals surface area contributed by atoms with E-state index in [-0.39, 0.29) is 23.7 Å².